The van der Waals surface area contributed by atoms with Crippen molar-refractivity contribution in [3.63, 3.8) is 0 Å². The Kier molecular flexibility index (Phi) is 5.66. The van der Waals surface area contributed by atoms with Crippen LogP contribution in [0.15, 0.2) is 91.0 Å². The monoisotopic (exact) mass is 450 g/mol. The van der Waals surface area contributed by atoms with Gasteiger partial charge in [0.15, 0.2) is 5.82 Å². The van der Waals surface area contributed by atoms with Crippen LogP contribution in [0.1, 0.15) is 10.6 Å². The molecule has 0 aliphatic carbocycles. The van der Waals surface area contributed by atoms with Crippen LogP contribution in [0.5, 0.6) is 11.5 Å². The minimum atomic E-state index is -0.432. The van der Waals surface area contributed by atoms with Crippen LogP contribution in [0, 0.1) is 0 Å². The lowest BCUT2D eigenvalue weighted by atomic mass is 10.1. The van der Waals surface area contributed by atoms with Crippen molar-refractivity contribution in [1.82, 2.24) is 14.8 Å². The topological polar surface area (TPSA) is 78.3 Å². The largest absolute Gasteiger partial charge is 0.497 e. The van der Waals surface area contributed by atoms with E-state index in [0.717, 1.165) is 27.8 Å². The van der Waals surface area contributed by atoms with E-state index in [1.807, 2.05) is 78.9 Å². The van der Waals surface area contributed by atoms with E-state index in [0.29, 0.717) is 17.3 Å². The Labute approximate surface area is 196 Å². The number of benzene rings is 4. The molecule has 0 saturated carbocycles. The van der Waals surface area contributed by atoms with E-state index in [9.17, 15) is 4.79 Å². The molecule has 1 aromatic heterocycles. The summed E-state index contributed by atoms with van der Waals surface area (Å²) in [6.45, 7) is 0. The summed E-state index contributed by atoms with van der Waals surface area (Å²) in [5.74, 6) is 1.45. The third kappa shape index (κ3) is 3.95. The second-order valence-electron chi connectivity index (χ2n) is 7.55. The van der Waals surface area contributed by atoms with Gasteiger partial charge >= 0.3 is 0 Å². The first-order valence-corrected chi connectivity index (χ1v) is 10.7. The molecule has 0 radical (unpaired) electrons. The van der Waals surface area contributed by atoms with E-state index in [1.54, 1.807) is 31.0 Å². The average Bonchev–Trinajstić information content (AvgIpc) is 3.34. The molecule has 0 bridgehead atoms. The molecule has 5 aromatic rings. The number of hydrogen-bond acceptors (Lipinski definition) is 5. The molecule has 4 aromatic carbocycles. The van der Waals surface area contributed by atoms with Gasteiger partial charge in [-0.3, -0.25) is 4.79 Å². The first-order chi connectivity index (χ1) is 16.7. The van der Waals surface area contributed by atoms with Crippen molar-refractivity contribution in [2.45, 2.75) is 0 Å². The third-order valence-electron chi connectivity index (χ3n) is 5.51. The van der Waals surface area contributed by atoms with Gasteiger partial charge in [-0.1, -0.05) is 48.5 Å². The van der Waals surface area contributed by atoms with E-state index in [1.165, 1.54) is 0 Å². The van der Waals surface area contributed by atoms with Crippen molar-refractivity contribution in [3.05, 3.63) is 96.8 Å². The number of hydrogen-bond donors (Lipinski definition) is 1. The van der Waals surface area contributed by atoms with Gasteiger partial charge in [0.05, 0.1) is 25.6 Å². The van der Waals surface area contributed by atoms with Gasteiger partial charge in [-0.25, -0.2) is 9.67 Å². The Morgan fingerprint density at radius 1 is 0.824 bits per heavy atom. The standard InChI is InChI=1S/C27H22N4O3/c1-33-20-16-14-19(15-17-20)26-29-25(27(32)28-22-11-5-6-13-24(22)34-2)30-31(26)23-12-7-9-18-8-3-4-10-21(18)23/h3-17H,1-2H3,(H,28,32). The first-order valence-electron chi connectivity index (χ1n) is 10.7. The Morgan fingerprint density at radius 3 is 2.35 bits per heavy atom. The number of rotatable bonds is 6. The Morgan fingerprint density at radius 2 is 1.56 bits per heavy atom. The number of fused-ring (bicyclic) bond motifs is 1. The molecule has 34 heavy (non-hydrogen) atoms. The molecule has 0 fully saturated rings. The summed E-state index contributed by atoms with van der Waals surface area (Å²) in [5, 5.41) is 9.54. The predicted molar refractivity (Wildman–Crippen MR) is 132 cm³/mol. The minimum absolute atomic E-state index is 0.0460. The fraction of sp³-hybridized carbons (Fsp3) is 0.0741. The van der Waals surface area contributed by atoms with Crippen molar-refractivity contribution in [1.29, 1.82) is 0 Å². The SMILES string of the molecule is COc1ccc(-c2nc(C(=O)Nc3ccccc3OC)nn2-c2cccc3ccccc23)cc1. The van der Waals surface area contributed by atoms with Gasteiger partial charge in [-0.05, 0) is 47.9 Å². The van der Waals surface area contributed by atoms with E-state index in [4.69, 9.17) is 9.47 Å². The number of anilines is 1. The van der Waals surface area contributed by atoms with Crippen LogP contribution in [0.25, 0.3) is 27.8 Å². The molecule has 0 aliphatic rings. The molecule has 1 N–H and O–H groups in total. The van der Waals surface area contributed by atoms with Crippen LogP contribution in [0.2, 0.25) is 0 Å². The number of amides is 1. The molecule has 5 rings (SSSR count). The van der Waals surface area contributed by atoms with Crippen LogP contribution < -0.4 is 14.8 Å². The lowest BCUT2D eigenvalue weighted by Gasteiger charge is -2.10. The van der Waals surface area contributed by atoms with Crippen molar-refractivity contribution in [3.8, 4) is 28.6 Å². The molecule has 1 heterocycles. The maximum absolute atomic E-state index is 13.1. The Balaban J connectivity index is 1.63. The maximum atomic E-state index is 13.1. The summed E-state index contributed by atoms with van der Waals surface area (Å²) in [7, 11) is 3.17. The number of carbonyl (C=O) groups excluding carboxylic acids is 1. The lowest BCUT2D eigenvalue weighted by Crippen LogP contribution is -2.15. The van der Waals surface area contributed by atoms with Gasteiger partial charge in [-0.15, -0.1) is 5.10 Å². The third-order valence-corrected chi connectivity index (χ3v) is 5.51. The van der Waals surface area contributed by atoms with Crippen molar-refractivity contribution in [2.24, 2.45) is 0 Å². The van der Waals surface area contributed by atoms with Crippen LogP contribution in [0.4, 0.5) is 5.69 Å². The summed E-state index contributed by atoms with van der Waals surface area (Å²) in [6.07, 6.45) is 0. The lowest BCUT2D eigenvalue weighted by molar-refractivity contribution is 0.101. The molecular weight excluding hydrogens is 428 g/mol. The zero-order chi connectivity index (χ0) is 23.5. The zero-order valence-corrected chi connectivity index (χ0v) is 18.7. The number of nitrogens with one attached hydrogen (secondary N) is 1. The molecule has 7 nitrogen and oxygen atoms in total. The number of carbonyl (C=O) groups is 1. The smallest absolute Gasteiger partial charge is 0.295 e. The summed E-state index contributed by atoms with van der Waals surface area (Å²) in [6, 6.07) is 28.7. The molecule has 0 spiro atoms. The fourth-order valence-corrected chi connectivity index (χ4v) is 3.82. The number of para-hydroxylation sites is 2. The van der Waals surface area contributed by atoms with E-state index in [-0.39, 0.29) is 5.82 Å². The van der Waals surface area contributed by atoms with Gasteiger partial charge in [0.1, 0.15) is 11.5 Å². The number of nitrogens with zero attached hydrogens (tertiary/aromatic N) is 3. The predicted octanol–water partition coefficient (Wildman–Crippen LogP) is 5.36. The van der Waals surface area contributed by atoms with Gasteiger partial charge in [0.25, 0.3) is 5.91 Å². The van der Waals surface area contributed by atoms with Crippen molar-refractivity contribution >= 4 is 22.4 Å². The summed E-state index contributed by atoms with van der Waals surface area (Å²) >= 11 is 0. The number of methoxy groups -OCH3 is 2. The maximum Gasteiger partial charge on any atom is 0.295 e. The second-order valence-corrected chi connectivity index (χ2v) is 7.55. The minimum Gasteiger partial charge on any atom is -0.497 e. The van der Waals surface area contributed by atoms with Crippen LogP contribution in [-0.4, -0.2) is 34.9 Å². The van der Waals surface area contributed by atoms with E-state index in [2.05, 4.69) is 15.4 Å². The highest BCUT2D eigenvalue weighted by atomic mass is 16.5. The second kappa shape index (κ2) is 9.07. The molecule has 0 aliphatic heterocycles. The summed E-state index contributed by atoms with van der Waals surface area (Å²) in [4.78, 5) is 17.8. The molecule has 0 atom stereocenters. The molecule has 7 heteroatoms. The quantitative estimate of drug-likeness (QED) is 0.377. The summed E-state index contributed by atoms with van der Waals surface area (Å²) < 4.78 is 12.3. The highest BCUT2D eigenvalue weighted by molar-refractivity contribution is 6.03. The Hall–Kier alpha value is -4.65. The van der Waals surface area contributed by atoms with Gasteiger partial charge in [0.2, 0.25) is 5.82 Å². The van der Waals surface area contributed by atoms with Gasteiger partial charge < -0.3 is 14.8 Å². The molecule has 0 unspecified atom stereocenters. The van der Waals surface area contributed by atoms with Crippen LogP contribution in [-0.2, 0) is 0 Å². The molecule has 168 valence electrons. The van der Waals surface area contributed by atoms with E-state index >= 15 is 0 Å². The Bertz CT molecular complexity index is 1470. The van der Waals surface area contributed by atoms with Crippen LogP contribution >= 0.6 is 0 Å². The first kappa shape index (κ1) is 21.2. The van der Waals surface area contributed by atoms with Gasteiger partial charge in [-0.2, -0.15) is 0 Å². The van der Waals surface area contributed by atoms with Crippen molar-refractivity contribution < 1.29 is 14.3 Å². The van der Waals surface area contributed by atoms with Crippen LogP contribution in [0.3, 0.4) is 0 Å². The number of aromatic nitrogens is 3. The van der Waals surface area contributed by atoms with Crippen molar-refractivity contribution in [2.75, 3.05) is 19.5 Å². The summed E-state index contributed by atoms with van der Waals surface area (Å²) in [5.41, 5.74) is 2.17. The normalized spacial score (nSPS) is 10.8. The highest BCUT2D eigenvalue weighted by Crippen LogP contribution is 2.29. The highest BCUT2D eigenvalue weighted by Gasteiger charge is 2.21. The van der Waals surface area contributed by atoms with Gasteiger partial charge in [0, 0.05) is 10.9 Å². The number of ether oxygens (including phenoxy) is 2. The fourth-order valence-electron chi connectivity index (χ4n) is 3.82. The molecular formula is C27H22N4O3. The average molecular weight is 450 g/mol. The molecule has 0 saturated heterocycles. The van der Waals surface area contributed by atoms with E-state index < -0.39 is 5.91 Å². The molecule has 1 amide bonds. The zero-order valence-electron chi connectivity index (χ0n) is 18.7.